The second kappa shape index (κ2) is 66.3. The average molecular weight is 1350 g/mol. The molecule has 0 radical (unpaired) electrons. The maximum Gasteiger partial charge on any atom is 0.472 e. The molecular formula is C73H142O17P2. The van der Waals surface area contributed by atoms with Gasteiger partial charge in [0.1, 0.15) is 19.3 Å². The summed E-state index contributed by atoms with van der Waals surface area (Å²) in [5, 5.41) is 10.6. The van der Waals surface area contributed by atoms with Crippen LogP contribution < -0.4 is 0 Å². The molecule has 0 bridgehead atoms. The lowest BCUT2D eigenvalue weighted by Crippen LogP contribution is -2.30. The topological polar surface area (TPSA) is 237 Å². The molecule has 2 unspecified atom stereocenters. The van der Waals surface area contributed by atoms with Crippen LogP contribution in [-0.4, -0.2) is 96.7 Å². The second-order valence-corrected chi connectivity index (χ2v) is 29.7. The van der Waals surface area contributed by atoms with Crippen LogP contribution in [0.5, 0.6) is 0 Å². The SMILES string of the molecule is CCCCCCCCCCCCCCCCC(=O)OC[C@H](COP(=O)(O)OC[C@@H](O)COP(=O)(O)OC[C@@H](COC(=O)CCCCCCC)OC(=O)CCCCCCCCCCCCCC)OC(=O)CCCCCCCCCCCCCCCCCCCCC(C)C. The smallest absolute Gasteiger partial charge is 0.462 e. The largest absolute Gasteiger partial charge is 0.472 e. The van der Waals surface area contributed by atoms with Gasteiger partial charge in [0.05, 0.1) is 26.4 Å². The van der Waals surface area contributed by atoms with Gasteiger partial charge in [-0.1, -0.05) is 330 Å². The van der Waals surface area contributed by atoms with Gasteiger partial charge in [0.15, 0.2) is 12.2 Å². The Hall–Kier alpha value is -1.94. The minimum atomic E-state index is -4.95. The molecule has 0 rings (SSSR count). The van der Waals surface area contributed by atoms with Gasteiger partial charge in [-0.15, -0.1) is 0 Å². The van der Waals surface area contributed by atoms with Gasteiger partial charge in [-0.05, 0) is 31.6 Å². The summed E-state index contributed by atoms with van der Waals surface area (Å²) in [5.74, 6) is -1.31. The van der Waals surface area contributed by atoms with Crippen LogP contribution in [0.3, 0.4) is 0 Å². The van der Waals surface area contributed by atoms with Crippen LogP contribution in [0.2, 0.25) is 0 Å². The number of unbranched alkanes of at least 4 members (excludes halogenated alkanes) is 45. The van der Waals surface area contributed by atoms with E-state index in [1.54, 1.807) is 0 Å². The van der Waals surface area contributed by atoms with Crippen molar-refractivity contribution in [1.29, 1.82) is 0 Å². The number of esters is 4. The molecule has 19 heteroatoms. The van der Waals surface area contributed by atoms with E-state index in [1.165, 1.54) is 199 Å². The zero-order chi connectivity index (χ0) is 67.7. The highest BCUT2D eigenvalue weighted by Gasteiger charge is 2.30. The van der Waals surface area contributed by atoms with Gasteiger partial charge < -0.3 is 33.8 Å². The Morgan fingerprint density at radius 1 is 0.293 bits per heavy atom. The normalized spacial score (nSPS) is 14.0. The summed E-state index contributed by atoms with van der Waals surface area (Å²) in [4.78, 5) is 72.4. The molecule has 0 aliphatic heterocycles. The Morgan fingerprint density at radius 3 is 0.739 bits per heavy atom. The van der Waals surface area contributed by atoms with Crippen LogP contribution in [0.1, 0.15) is 381 Å². The minimum absolute atomic E-state index is 0.107. The van der Waals surface area contributed by atoms with E-state index in [2.05, 4.69) is 34.6 Å². The van der Waals surface area contributed by atoms with Crippen molar-refractivity contribution < 1.29 is 80.2 Å². The molecule has 0 saturated carbocycles. The number of phosphoric ester groups is 2. The number of carbonyl (C=O) groups excluding carboxylic acids is 4. The number of hydrogen-bond acceptors (Lipinski definition) is 15. The molecule has 0 amide bonds. The molecule has 0 aromatic heterocycles. The van der Waals surface area contributed by atoms with E-state index in [0.29, 0.717) is 25.7 Å². The number of aliphatic hydroxyl groups excluding tert-OH is 1. The highest BCUT2D eigenvalue weighted by molar-refractivity contribution is 7.47. The Balaban J connectivity index is 5.11. The van der Waals surface area contributed by atoms with Gasteiger partial charge in [0.25, 0.3) is 0 Å². The Bertz CT molecular complexity index is 1770. The molecule has 0 saturated heterocycles. The van der Waals surface area contributed by atoms with Crippen LogP contribution in [-0.2, 0) is 65.4 Å². The Labute approximate surface area is 562 Å². The highest BCUT2D eigenvalue weighted by atomic mass is 31.2. The summed E-state index contributed by atoms with van der Waals surface area (Å²) in [7, 11) is -9.89. The predicted molar refractivity (Wildman–Crippen MR) is 372 cm³/mol. The zero-order valence-corrected chi connectivity index (χ0v) is 61.5. The van der Waals surface area contributed by atoms with Crippen LogP contribution in [0.25, 0.3) is 0 Å². The summed E-state index contributed by atoms with van der Waals surface area (Å²) in [5.41, 5.74) is 0. The summed E-state index contributed by atoms with van der Waals surface area (Å²) < 4.78 is 68.2. The van der Waals surface area contributed by atoms with Crippen molar-refractivity contribution in [3.8, 4) is 0 Å². The van der Waals surface area contributed by atoms with Crippen LogP contribution in [0, 0.1) is 5.92 Å². The fourth-order valence-electron chi connectivity index (χ4n) is 11.2. The molecule has 0 fully saturated rings. The lowest BCUT2D eigenvalue weighted by Gasteiger charge is -2.21. The standard InChI is InChI=1S/C73H142O17P2/c1-6-9-12-15-17-19-21-23-31-35-38-42-47-52-57-71(76)84-63-69(90-73(78)59-54-49-44-40-36-32-29-27-25-24-26-28-30-33-37-41-46-50-55-66(4)5)65-88-92(81,82)86-61-67(74)60-85-91(79,80)87-64-68(62-83-70(75)56-51-45-14-11-8-3)89-72(77)58-53-48-43-39-34-22-20-18-16-13-10-7-2/h66-69,74H,6-65H2,1-5H3,(H,79,80)(H,81,82)/t67-,68+,69+/m0/s1. The number of ether oxygens (including phenoxy) is 4. The molecule has 17 nitrogen and oxygen atoms in total. The highest BCUT2D eigenvalue weighted by Crippen LogP contribution is 2.45. The van der Waals surface area contributed by atoms with Gasteiger partial charge in [-0.3, -0.25) is 37.3 Å². The summed E-state index contributed by atoms with van der Waals surface area (Å²) in [6.07, 6.45) is 54.5. The maximum absolute atomic E-state index is 13.1. The third-order valence-corrected chi connectivity index (χ3v) is 18.9. The van der Waals surface area contributed by atoms with Crippen molar-refractivity contribution in [3.63, 3.8) is 0 Å². The first kappa shape index (κ1) is 90.1. The molecule has 3 N–H and O–H groups in total. The molecular weight excluding hydrogens is 1210 g/mol. The van der Waals surface area contributed by atoms with Crippen molar-refractivity contribution in [2.24, 2.45) is 5.92 Å². The monoisotopic (exact) mass is 1350 g/mol. The molecule has 0 aromatic rings. The van der Waals surface area contributed by atoms with Crippen LogP contribution in [0.15, 0.2) is 0 Å². The molecule has 0 aromatic carbocycles. The summed E-state index contributed by atoms with van der Waals surface area (Å²) in [6, 6.07) is 0. The van der Waals surface area contributed by atoms with Crippen LogP contribution >= 0.6 is 15.6 Å². The van der Waals surface area contributed by atoms with E-state index < -0.39 is 97.5 Å². The Kier molecular flexibility index (Phi) is 64.9. The second-order valence-electron chi connectivity index (χ2n) is 26.8. The number of carbonyl (C=O) groups is 4. The van der Waals surface area contributed by atoms with Gasteiger partial charge >= 0.3 is 39.5 Å². The zero-order valence-electron chi connectivity index (χ0n) is 59.7. The van der Waals surface area contributed by atoms with Crippen molar-refractivity contribution in [3.05, 3.63) is 0 Å². The van der Waals surface area contributed by atoms with E-state index in [1.807, 2.05) is 0 Å². The quantitative estimate of drug-likeness (QED) is 0.0222. The van der Waals surface area contributed by atoms with Gasteiger partial charge in [-0.2, -0.15) is 0 Å². The van der Waals surface area contributed by atoms with E-state index in [9.17, 15) is 43.2 Å². The molecule has 5 atom stereocenters. The summed E-state index contributed by atoms with van der Waals surface area (Å²) >= 11 is 0. The van der Waals surface area contributed by atoms with E-state index >= 15 is 0 Å². The third-order valence-electron chi connectivity index (χ3n) is 17.0. The number of hydrogen-bond donors (Lipinski definition) is 3. The van der Waals surface area contributed by atoms with Gasteiger partial charge in [-0.25, -0.2) is 9.13 Å². The van der Waals surface area contributed by atoms with Crippen molar-refractivity contribution in [1.82, 2.24) is 0 Å². The molecule has 92 heavy (non-hydrogen) atoms. The predicted octanol–water partition coefficient (Wildman–Crippen LogP) is 21.3. The molecule has 0 aliphatic carbocycles. The first-order valence-electron chi connectivity index (χ1n) is 38.1. The van der Waals surface area contributed by atoms with Gasteiger partial charge in [0, 0.05) is 25.7 Å². The number of phosphoric acid groups is 2. The minimum Gasteiger partial charge on any atom is -0.462 e. The number of rotatable bonds is 73. The summed E-state index contributed by atoms with van der Waals surface area (Å²) in [6.45, 7) is 7.22. The van der Waals surface area contributed by atoms with E-state index in [0.717, 1.165) is 102 Å². The van der Waals surface area contributed by atoms with Crippen molar-refractivity contribution in [2.75, 3.05) is 39.6 Å². The molecule has 546 valence electrons. The molecule has 0 aliphatic rings. The third kappa shape index (κ3) is 66.7. The van der Waals surface area contributed by atoms with E-state index in [4.69, 9.17) is 37.0 Å². The average Bonchev–Trinajstić information content (AvgIpc) is 2.73. The lowest BCUT2D eigenvalue weighted by atomic mass is 10.0. The fourth-order valence-corrected chi connectivity index (χ4v) is 12.8. The van der Waals surface area contributed by atoms with Crippen molar-refractivity contribution in [2.45, 2.75) is 400 Å². The van der Waals surface area contributed by atoms with Crippen molar-refractivity contribution >= 4 is 39.5 Å². The van der Waals surface area contributed by atoms with Gasteiger partial charge in [0.2, 0.25) is 0 Å². The molecule has 0 spiro atoms. The number of aliphatic hydroxyl groups is 1. The Morgan fingerprint density at radius 2 is 0.500 bits per heavy atom. The first-order chi connectivity index (χ1) is 44.5. The van der Waals surface area contributed by atoms with E-state index in [-0.39, 0.29) is 25.7 Å². The van der Waals surface area contributed by atoms with Crippen LogP contribution in [0.4, 0.5) is 0 Å². The molecule has 0 heterocycles. The lowest BCUT2D eigenvalue weighted by molar-refractivity contribution is -0.161. The fraction of sp³-hybridized carbons (Fsp3) is 0.945. The maximum atomic E-state index is 13.1. The first-order valence-corrected chi connectivity index (χ1v) is 41.1.